The number of hydrogen-bond acceptors (Lipinski definition) is 7. The summed E-state index contributed by atoms with van der Waals surface area (Å²) in [4.78, 5) is 23.4. The molecule has 1 heterocycles. The quantitative estimate of drug-likeness (QED) is 0.296. The van der Waals surface area contributed by atoms with Gasteiger partial charge in [0.25, 0.3) is 11.6 Å². The highest BCUT2D eigenvalue weighted by atomic mass is 32.2. The number of nitro groups is 1. The Bertz CT molecular complexity index is 1440. The molecule has 3 rings (SSSR count). The molecule has 0 aliphatic rings. The molecule has 1 aromatic heterocycles. The van der Waals surface area contributed by atoms with Gasteiger partial charge in [0.05, 0.1) is 10.5 Å². The van der Waals surface area contributed by atoms with Gasteiger partial charge in [-0.05, 0) is 64.8 Å². The van der Waals surface area contributed by atoms with Crippen LogP contribution in [0.2, 0.25) is 0 Å². The monoisotopic (exact) mass is 529 g/mol. The molecule has 0 aliphatic carbocycles. The highest BCUT2D eigenvalue weighted by Gasteiger charge is 2.30. The van der Waals surface area contributed by atoms with Gasteiger partial charge in [-0.1, -0.05) is 19.1 Å². The molecule has 3 aromatic rings. The van der Waals surface area contributed by atoms with E-state index in [1.807, 2.05) is 45.9 Å². The van der Waals surface area contributed by atoms with Crippen molar-refractivity contribution in [1.82, 2.24) is 14.5 Å². The van der Waals surface area contributed by atoms with Crippen LogP contribution in [0.25, 0.3) is 0 Å². The van der Waals surface area contributed by atoms with Gasteiger partial charge in [-0.3, -0.25) is 14.9 Å². The van der Waals surface area contributed by atoms with E-state index in [4.69, 9.17) is 4.74 Å². The molecule has 11 nitrogen and oxygen atoms in total. The second-order valence-electron chi connectivity index (χ2n) is 9.57. The Morgan fingerprint density at radius 1 is 1.16 bits per heavy atom. The predicted molar refractivity (Wildman–Crippen MR) is 140 cm³/mol. The third kappa shape index (κ3) is 6.33. The molecule has 1 amide bonds. The first-order valence-corrected chi connectivity index (χ1v) is 13.2. The molecule has 0 spiro atoms. The van der Waals surface area contributed by atoms with Crippen LogP contribution < -0.4 is 14.8 Å². The molecule has 12 heteroatoms. The van der Waals surface area contributed by atoms with Crippen molar-refractivity contribution in [2.75, 3.05) is 11.9 Å². The van der Waals surface area contributed by atoms with Gasteiger partial charge < -0.3 is 10.1 Å². The van der Waals surface area contributed by atoms with E-state index in [9.17, 15) is 23.3 Å². The molecule has 0 radical (unpaired) electrons. The summed E-state index contributed by atoms with van der Waals surface area (Å²) in [5.41, 5.74) is 1.00. The Kier molecular flexibility index (Phi) is 8.03. The molecule has 198 valence electrons. The van der Waals surface area contributed by atoms with Crippen molar-refractivity contribution in [2.45, 2.75) is 58.4 Å². The lowest BCUT2D eigenvalue weighted by Gasteiger charge is -2.22. The molecule has 0 saturated carbocycles. The van der Waals surface area contributed by atoms with Crippen LogP contribution in [-0.2, 0) is 15.6 Å². The molecular formula is C25H31N5O6S. The number of anilines is 1. The Balaban J connectivity index is 2.10. The van der Waals surface area contributed by atoms with Gasteiger partial charge in [0, 0.05) is 29.9 Å². The number of carbonyl (C=O) groups is 1. The van der Waals surface area contributed by atoms with E-state index in [1.165, 1.54) is 10.7 Å². The molecule has 2 N–H and O–H groups in total. The van der Waals surface area contributed by atoms with Crippen LogP contribution >= 0.6 is 0 Å². The summed E-state index contributed by atoms with van der Waals surface area (Å²) in [7, 11) is -4.13. The van der Waals surface area contributed by atoms with E-state index in [0.717, 1.165) is 17.7 Å². The number of non-ortho nitro benzene ring substituents is 1. The number of ether oxygens (including phenoxy) is 1. The molecule has 37 heavy (non-hydrogen) atoms. The number of aromatic nitrogens is 2. The zero-order chi connectivity index (χ0) is 27.5. The van der Waals surface area contributed by atoms with Crippen LogP contribution in [0.3, 0.4) is 0 Å². The first-order chi connectivity index (χ1) is 17.2. The van der Waals surface area contributed by atoms with E-state index in [2.05, 4.69) is 15.1 Å². The Morgan fingerprint density at radius 2 is 1.86 bits per heavy atom. The van der Waals surface area contributed by atoms with Crippen LogP contribution in [0.4, 0.5) is 11.4 Å². The maximum absolute atomic E-state index is 13.1. The minimum atomic E-state index is -4.13. The van der Waals surface area contributed by atoms with E-state index < -0.39 is 32.1 Å². The van der Waals surface area contributed by atoms with Gasteiger partial charge in [-0.15, -0.1) is 0 Å². The standard InChI is InChI=1S/C25H31N5O6S/c1-7-13-26-37(34,35)21-15-19(30(32)33)11-12-20(21)36-24-17(3)22(28-29(24)25(4,5)6)23(31)27-18-10-8-9-16(2)14-18/h8-12,14-15,26H,7,13H2,1-6H3,(H,27,31). The first kappa shape index (κ1) is 27.8. The number of aryl methyl sites for hydroxylation is 1. The summed E-state index contributed by atoms with van der Waals surface area (Å²) in [5.74, 6) is -0.451. The zero-order valence-corrected chi connectivity index (χ0v) is 22.5. The van der Waals surface area contributed by atoms with E-state index in [1.54, 1.807) is 19.9 Å². The fourth-order valence-corrected chi connectivity index (χ4v) is 4.79. The lowest BCUT2D eigenvalue weighted by Crippen LogP contribution is -2.26. The second-order valence-corrected chi connectivity index (χ2v) is 11.3. The molecule has 0 aliphatic heterocycles. The smallest absolute Gasteiger partial charge is 0.276 e. The van der Waals surface area contributed by atoms with Crippen LogP contribution in [0.15, 0.2) is 47.4 Å². The second kappa shape index (κ2) is 10.7. The summed E-state index contributed by atoms with van der Waals surface area (Å²) in [6.07, 6.45) is 0.527. The van der Waals surface area contributed by atoms with Gasteiger partial charge in [0.2, 0.25) is 15.9 Å². The minimum Gasteiger partial charge on any atom is -0.438 e. The number of nitrogens with one attached hydrogen (secondary N) is 2. The molecule has 0 atom stereocenters. The normalized spacial score (nSPS) is 11.8. The van der Waals surface area contributed by atoms with Gasteiger partial charge in [-0.2, -0.15) is 5.10 Å². The molecule has 0 saturated heterocycles. The SMILES string of the molecule is CCCNS(=O)(=O)c1cc([N+](=O)[O-])ccc1Oc1c(C)c(C(=O)Nc2cccc(C)c2)nn1C(C)(C)C. The van der Waals surface area contributed by atoms with Crippen LogP contribution in [0, 0.1) is 24.0 Å². The summed E-state index contributed by atoms with van der Waals surface area (Å²) < 4.78 is 36.0. The van der Waals surface area contributed by atoms with Crippen molar-refractivity contribution < 1.29 is 22.9 Å². The van der Waals surface area contributed by atoms with E-state index in [0.29, 0.717) is 17.7 Å². The van der Waals surface area contributed by atoms with Gasteiger partial charge in [0.15, 0.2) is 5.69 Å². The number of amides is 1. The minimum absolute atomic E-state index is 0.0989. The van der Waals surface area contributed by atoms with Crippen molar-refractivity contribution >= 4 is 27.3 Å². The topological polar surface area (TPSA) is 145 Å². The van der Waals surface area contributed by atoms with Gasteiger partial charge in [0.1, 0.15) is 10.6 Å². The summed E-state index contributed by atoms with van der Waals surface area (Å²) in [6.45, 7) is 11.0. The summed E-state index contributed by atoms with van der Waals surface area (Å²) in [5, 5.41) is 18.7. The lowest BCUT2D eigenvalue weighted by atomic mass is 10.1. The number of nitro benzene ring substituents is 1. The average molecular weight is 530 g/mol. The fourth-order valence-electron chi connectivity index (χ4n) is 3.51. The van der Waals surface area contributed by atoms with E-state index >= 15 is 0 Å². The lowest BCUT2D eigenvalue weighted by molar-refractivity contribution is -0.385. The Morgan fingerprint density at radius 3 is 2.46 bits per heavy atom. The van der Waals surface area contributed by atoms with Crippen molar-refractivity contribution in [3.63, 3.8) is 0 Å². The molecule has 0 fully saturated rings. The number of carbonyl (C=O) groups excluding carboxylic acids is 1. The number of hydrogen-bond donors (Lipinski definition) is 2. The molecule has 2 aromatic carbocycles. The van der Waals surface area contributed by atoms with Gasteiger partial charge in [-0.25, -0.2) is 17.8 Å². The van der Waals surface area contributed by atoms with Crippen LogP contribution in [0.5, 0.6) is 11.6 Å². The zero-order valence-electron chi connectivity index (χ0n) is 21.7. The third-order valence-electron chi connectivity index (χ3n) is 5.37. The van der Waals surface area contributed by atoms with E-state index in [-0.39, 0.29) is 28.8 Å². The number of sulfonamides is 1. The maximum atomic E-state index is 13.1. The highest BCUT2D eigenvalue weighted by molar-refractivity contribution is 7.89. The Hall–Kier alpha value is -3.77. The largest absolute Gasteiger partial charge is 0.438 e. The number of nitrogens with zero attached hydrogens (tertiary/aromatic N) is 3. The fraction of sp³-hybridized carbons (Fsp3) is 0.360. The van der Waals surface area contributed by atoms with Crippen molar-refractivity contribution in [2.24, 2.45) is 0 Å². The number of rotatable bonds is 9. The van der Waals surface area contributed by atoms with Gasteiger partial charge >= 0.3 is 0 Å². The first-order valence-electron chi connectivity index (χ1n) is 11.7. The van der Waals surface area contributed by atoms with Crippen molar-refractivity contribution in [3.8, 4) is 11.6 Å². The Labute approximate surface area is 216 Å². The average Bonchev–Trinajstić information content (AvgIpc) is 3.14. The van der Waals surface area contributed by atoms with Crippen LogP contribution in [-0.4, -0.2) is 35.6 Å². The van der Waals surface area contributed by atoms with Crippen LogP contribution in [0.1, 0.15) is 55.7 Å². The maximum Gasteiger partial charge on any atom is 0.276 e. The third-order valence-corrected chi connectivity index (χ3v) is 6.85. The van der Waals surface area contributed by atoms with Crippen molar-refractivity contribution in [3.05, 3.63) is 69.4 Å². The molecular weight excluding hydrogens is 498 g/mol. The highest BCUT2D eigenvalue weighted by Crippen LogP contribution is 2.36. The summed E-state index contributed by atoms with van der Waals surface area (Å²) in [6, 6.07) is 10.6. The molecule has 0 bridgehead atoms. The number of benzene rings is 2. The van der Waals surface area contributed by atoms with Crippen molar-refractivity contribution in [1.29, 1.82) is 0 Å². The molecule has 0 unspecified atom stereocenters. The summed E-state index contributed by atoms with van der Waals surface area (Å²) >= 11 is 0. The predicted octanol–water partition coefficient (Wildman–Crippen LogP) is 4.90.